The van der Waals surface area contributed by atoms with Crippen molar-refractivity contribution in [3.63, 3.8) is 0 Å². The summed E-state index contributed by atoms with van der Waals surface area (Å²) in [5, 5.41) is 11.0. The maximum absolute atomic E-state index is 11.0. The van der Waals surface area contributed by atoms with E-state index in [1.54, 1.807) is 7.11 Å². The minimum atomic E-state index is -1.02. The molecule has 0 aromatic heterocycles. The number of epoxide rings is 1. The summed E-state index contributed by atoms with van der Waals surface area (Å²) < 4.78 is 10.9. The molecule has 2 rings (SSSR count). The van der Waals surface area contributed by atoms with E-state index in [1.807, 2.05) is 13.0 Å². The van der Waals surface area contributed by atoms with Crippen LogP contribution in [0.3, 0.4) is 0 Å². The molecule has 1 aliphatic carbocycles. The van der Waals surface area contributed by atoms with Gasteiger partial charge >= 0.3 is 0 Å². The molecule has 3 nitrogen and oxygen atoms in total. The van der Waals surface area contributed by atoms with Crippen LogP contribution in [0.1, 0.15) is 40.0 Å². The van der Waals surface area contributed by atoms with Gasteiger partial charge < -0.3 is 14.6 Å². The van der Waals surface area contributed by atoms with Crippen molar-refractivity contribution in [3.8, 4) is 0 Å². The van der Waals surface area contributed by atoms with E-state index in [0.29, 0.717) is 6.61 Å². The van der Waals surface area contributed by atoms with Crippen LogP contribution in [-0.4, -0.2) is 30.0 Å². The van der Waals surface area contributed by atoms with Crippen LogP contribution in [0.25, 0.3) is 0 Å². The van der Waals surface area contributed by atoms with Gasteiger partial charge in [-0.25, -0.2) is 0 Å². The van der Waals surface area contributed by atoms with Gasteiger partial charge in [-0.15, -0.1) is 0 Å². The molecule has 1 heterocycles. The van der Waals surface area contributed by atoms with Gasteiger partial charge in [-0.3, -0.25) is 0 Å². The Morgan fingerprint density at radius 3 is 2.63 bits per heavy atom. The zero-order valence-corrected chi connectivity index (χ0v) is 12.3. The quantitative estimate of drug-likeness (QED) is 0.626. The standard InChI is InChI=1S/C16H24O3/c1-12(2)6-5-7-13(3)16(17)10-14(18-4)8-9-15(16)11-19-15/h6-7,10,17H,5,8-9,11H2,1-4H3/b13-7+/t15-,16-/m0/s1. The SMILES string of the molecule is COC1=C[C@](O)(/C(C)=C/CC=C(C)C)[C@]2(CC1)CO2. The Labute approximate surface area is 115 Å². The number of hydrogen-bond acceptors (Lipinski definition) is 3. The van der Waals surface area contributed by atoms with E-state index >= 15 is 0 Å². The highest BCUT2D eigenvalue weighted by atomic mass is 16.6. The molecule has 1 N–H and O–H groups in total. The Kier molecular flexibility index (Phi) is 3.88. The minimum Gasteiger partial charge on any atom is -0.501 e. The van der Waals surface area contributed by atoms with Crippen molar-refractivity contribution in [1.29, 1.82) is 0 Å². The molecule has 1 saturated heterocycles. The molecule has 2 atom stereocenters. The summed E-state index contributed by atoms with van der Waals surface area (Å²) in [6.07, 6.45) is 8.54. The van der Waals surface area contributed by atoms with Crippen molar-refractivity contribution in [2.24, 2.45) is 0 Å². The number of methoxy groups -OCH3 is 1. The molecule has 106 valence electrons. The lowest BCUT2D eigenvalue weighted by molar-refractivity contribution is 0.0153. The van der Waals surface area contributed by atoms with E-state index in [1.165, 1.54) is 5.57 Å². The van der Waals surface area contributed by atoms with Crippen LogP contribution in [-0.2, 0) is 9.47 Å². The molecule has 0 bridgehead atoms. The van der Waals surface area contributed by atoms with Crippen molar-refractivity contribution in [3.05, 3.63) is 35.1 Å². The van der Waals surface area contributed by atoms with Crippen molar-refractivity contribution in [1.82, 2.24) is 0 Å². The van der Waals surface area contributed by atoms with Gasteiger partial charge in [0.15, 0.2) is 0 Å². The Morgan fingerprint density at radius 2 is 2.11 bits per heavy atom. The second kappa shape index (κ2) is 5.14. The Hall–Kier alpha value is -1.06. The normalized spacial score (nSPS) is 33.9. The average Bonchev–Trinajstić information content (AvgIpc) is 3.14. The van der Waals surface area contributed by atoms with Gasteiger partial charge in [-0.2, -0.15) is 0 Å². The second-order valence-electron chi connectivity index (χ2n) is 5.77. The number of hydrogen-bond donors (Lipinski definition) is 1. The van der Waals surface area contributed by atoms with Crippen molar-refractivity contribution >= 4 is 0 Å². The highest BCUT2D eigenvalue weighted by Gasteiger charge is 2.62. The summed E-state index contributed by atoms with van der Waals surface area (Å²) in [6, 6.07) is 0. The van der Waals surface area contributed by atoms with Gasteiger partial charge in [-0.1, -0.05) is 17.7 Å². The summed E-state index contributed by atoms with van der Waals surface area (Å²) in [7, 11) is 1.65. The first kappa shape index (κ1) is 14.4. The lowest BCUT2D eigenvalue weighted by Crippen LogP contribution is -2.47. The first-order valence-corrected chi connectivity index (χ1v) is 6.86. The van der Waals surface area contributed by atoms with Crippen LogP contribution >= 0.6 is 0 Å². The Bertz CT molecular complexity index is 437. The smallest absolute Gasteiger partial charge is 0.138 e. The summed E-state index contributed by atoms with van der Waals surface area (Å²) in [6.45, 7) is 6.75. The van der Waals surface area contributed by atoms with E-state index in [4.69, 9.17) is 9.47 Å². The third-order valence-electron chi connectivity index (χ3n) is 4.15. The van der Waals surface area contributed by atoms with Gasteiger partial charge in [0.25, 0.3) is 0 Å². The van der Waals surface area contributed by atoms with E-state index in [2.05, 4.69) is 26.0 Å². The van der Waals surface area contributed by atoms with Crippen molar-refractivity contribution in [2.45, 2.75) is 51.2 Å². The Balaban J connectivity index is 2.25. The van der Waals surface area contributed by atoms with Crippen molar-refractivity contribution in [2.75, 3.05) is 13.7 Å². The minimum absolute atomic E-state index is 0.416. The molecular formula is C16H24O3. The zero-order valence-electron chi connectivity index (χ0n) is 12.3. The number of rotatable bonds is 4. The van der Waals surface area contributed by atoms with Gasteiger partial charge in [0.2, 0.25) is 0 Å². The molecule has 1 aliphatic heterocycles. The molecule has 0 unspecified atom stereocenters. The molecule has 2 aliphatic rings. The molecule has 19 heavy (non-hydrogen) atoms. The van der Waals surface area contributed by atoms with Crippen LogP contribution in [0.5, 0.6) is 0 Å². The first-order chi connectivity index (χ1) is 8.93. The molecule has 1 spiro atoms. The maximum Gasteiger partial charge on any atom is 0.138 e. The topological polar surface area (TPSA) is 42.0 Å². The summed E-state index contributed by atoms with van der Waals surface area (Å²) >= 11 is 0. The molecule has 0 aromatic carbocycles. The van der Waals surface area contributed by atoms with Gasteiger partial charge in [0.05, 0.1) is 19.5 Å². The summed E-state index contributed by atoms with van der Waals surface area (Å²) in [5.41, 5.74) is 0.786. The predicted octanol–water partition coefficient (Wildman–Crippen LogP) is 3.11. The van der Waals surface area contributed by atoms with E-state index in [0.717, 1.165) is 30.6 Å². The monoisotopic (exact) mass is 264 g/mol. The van der Waals surface area contributed by atoms with E-state index in [-0.39, 0.29) is 0 Å². The first-order valence-electron chi connectivity index (χ1n) is 6.86. The summed E-state index contributed by atoms with van der Waals surface area (Å²) in [4.78, 5) is 0. The number of allylic oxidation sites excluding steroid dienone is 4. The highest BCUT2D eigenvalue weighted by molar-refractivity contribution is 5.37. The largest absolute Gasteiger partial charge is 0.501 e. The average molecular weight is 264 g/mol. The van der Waals surface area contributed by atoms with Crippen LogP contribution < -0.4 is 0 Å². The van der Waals surface area contributed by atoms with E-state index < -0.39 is 11.2 Å². The van der Waals surface area contributed by atoms with Crippen LogP contribution in [0.15, 0.2) is 35.1 Å². The number of ether oxygens (including phenoxy) is 2. The maximum atomic E-state index is 11.0. The van der Waals surface area contributed by atoms with Crippen LogP contribution in [0.2, 0.25) is 0 Å². The Morgan fingerprint density at radius 1 is 1.42 bits per heavy atom. The third kappa shape index (κ3) is 2.63. The van der Waals surface area contributed by atoms with Crippen LogP contribution in [0, 0.1) is 0 Å². The number of aliphatic hydroxyl groups is 1. The fourth-order valence-electron chi connectivity index (χ4n) is 2.67. The van der Waals surface area contributed by atoms with E-state index in [9.17, 15) is 5.11 Å². The molecule has 3 heteroatoms. The summed E-state index contributed by atoms with van der Waals surface area (Å²) in [5.74, 6) is 0.846. The second-order valence-corrected chi connectivity index (χ2v) is 5.77. The van der Waals surface area contributed by atoms with Crippen molar-refractivity contribution < 1.29 is 14.6 Å². The molecule has 0 aromatic rings. The lowest BCUT2D eigenvalue weighted by Gasteiger charge is -2.36. The fraction of sp³-hybridized carbons (Fsp3) is 0.625. The third-order valence-corrected chi connectivity index (χ3v) is 4.15. The predicted molar refractivity (Wildman–Crippen MR) is 75.8 cm³/mol. The zero-order chi connectivity index (χ0) is 14.1. The van der Waals surface area contributed by atoms with Gasteiger partial charge in [0.1, 0.15) is 11.2 Å². The molecular weight excluding hydrogens is 240 g/mol. The van der Waals surface area contributed by atoms with Gasteiger partial charge in [-0.05, 0) is 45.3 Å². The van der Waals surface area contributed by atoms with Crippen LogP contribution in [0.4, 0.5) is 0 Å². The highest BCUT2D eigenvalue weighted by Crippen LogP contribution is 2.50. The molecule has 0 amide bonds. The van der Waals surface area contributed by atoms with Gasteiger partial charge in [0, 0.05) is 6.42 Å². The molecule has 0 saturated carbocycles. The molecule has 1 fully saturated rings. The fourth-order valence-corrected chi connectivity index (χ4v) is 2.67. The molecule has 0 radical (unpaired) electrons. The lowest BCUT2D eigenvalue weighted by atomic mass is 9.74.